The molecule has 0 atom stereocenters. The minimum Gasteiger partial charge on any atom is -0.314 e. The molecule has 0 aliphatic rings. The first-order valence-electron chi connectivity index (χ1n) is 6.70. The van der Waals surface area contributed by atoms with Gasteiger partial charge in [-0.3, -0.25) is 9.78 Å². The SMILES string of the molecule is CNCc1n[nH]c(C)c1S(=O)(=O)NCCCn1cccn1. The van der Waals surface area contributed by atoms with E-state index in [9.17, 15) is 8.42 Å². The van der Waals surface area contributed by atoms with Gasteiger partial charge in [0.15, 0.2) is 0 Å². The van der Waals surface area contributed by atoms with Crippen LogP contribution in [0.15, 0.2) is 23.4 Å². The van der Waals surface area contributed by atoms with Crippen LogP contribution < -0.4 is 10.0 Å². The second-order valence-electron chi connectivity index (χ2n) is 4.68. The molecular weight excluding hydrogens is 292 g/mol. The fourth-order valence-corrected chi connectivity index (χ4v) is 3.50. The van der Waals surface area contributed by atoms with Crippen LogP contribution in [-0.4, -0.2) is 42.0 Å². The van der Waals surface area contributed by atoms with Crippen molar-refractivity contribution in [2.75, 3.05) is 13.6 Å². The van der Waals surface area contributed by atoms with Gasteiger partial charge < -0.3 is 5.32 Å². The van der Waals surface area contributed by atoms with Gasteiger partial charge in [0.25, 0.3) is 0 Å². The number of sulfonamides is 1. The zero-order chi connectivity index (χ0) is 15.3. The lowest BCUT2D eigenvalue weighted by atomic mass is 10.4. The van der Waals surface area contributed by atoms with E-state index in [1.54, 1.807) is 24.9 Å². The smallest absolute Gasteiger partial charge is 0.244 e. The quantitative estimate of drug-likeness (QED) is 0.595. The first kappa shape index (κ1) is 15.7. The van der Waals surface area contributed by atoms with Crippen LogP contribution in [0.2, 0.25) is 0 Å². The van der Waals surface area contributed by atoms with Crippen molar-refractivity contribution in [2.24, 2.45) is 0 Å². The summed E-state index contributed by atoms with van der Waals surface area (Å²) in [5.41, 5.74) is 1.04. The molecule has 2 aromatic rings. The fraction of sp³-hybridized carbons (Fsp3) is 0.500. The van der Waals surface area contributed by atoms with E-state index in [1.165, 1.54) is 0 Å². The predicted molar refractivity (Wildman–Crippen MR) is 78.1 cm³/mol. The van der Waals surface area contributed by atoms with Crippen LogP contribution in [0.5, 0.6) is 0 Å². The minimum absolute atomic E-state index is 0.232. The van der Waals surface area contributed by atoms with Crippen molar-refractivity contribution in [3.63, 3.8) is 0 Å². The molecule has 0 aliphatic heterocycles. The molecule has 9 heteroatoms. The van der Waals surface area contributed by atoms with Crippen LogP contribution >= 0.6 is 0 Å². The molecule has 0 aromatic carbocycles. The molecular formula is C12H20N6O2S. The lowest BCUT2D eigenvalue weighted by Crippen LogP contribution is -2.27. The molecule has 2 rings (SSSR count). The van der Waals surface area contributed by atoms with Crippen molar-refractivity contribution < 1.29 is 8.42 Å². The Kier molecular flexibility index (Phi) is 5.10. The van der Waals surface area contributed by atoms with Crippen molar-refractivity contribution in [3.05, 3.63) is 29.8 Å². The number of aryl methyl sites for hydroxylation is 2. The average molecular weight is 312 g/mol. The zero-order valence-corrected chi connectivity index (χ0v) is 12.9. The monoisotopic (exact) mass is 312 g/mol. The van der Waals surface area contributed by atoms with Crippen LogP contribution in [0.3, 0.4) is 0 Å². The molecule has 0 saturated heterocycles. The van der Waals surface area contributed by atoms with Crippen molar-refractivity contribution >= 4 is 10.0 Å². The van der Waals surface area contributed by atoms with Gasteiger partial charge in [-0.1, -0.05) is 0 Å². The summed E-state index contributed by atoms with van der Waals surface area (Å²) in [6.07, 6.45) is 4.21. The van der Waals surface area contributed by atoms with E-state index in [1.807, 2.05) is 12.3 Å². The van der Waals surface area contributed by atoms with Gasteiger partial charge in [-0.05, 0) is 26.5 Å². The molecule has 0 fully saturated rings. The van der Waals surface area contributed by atoms with Crippen LogP contribution in [-0.2, 0) is 23.1 Å². The third-order valence-corrected chi connectivity index (χ3v) is 4.65. The van der Waals surface area contributed by atoms with Gasteiger partial charge in [-0.2, -0.15) is 10.2 Å². The van der Waals surface area contributed by atoms with E-state index in [0.29, 0.717) is 37.4 Å². The Morgan fingerprint density at radius 3 is 2.90 bits per heavy atom. The fourth-order valence-electron chi connectivity index (χ4n) is 2.07. The molecule has 116 valence electrons. The Labute approximate surface area is 124 Å². The summed E-state index contributed by atoms with van der Waals surface area (Å²) in [4.78, 5) is 0.232. The summed E-state index contributed by atoms with van der Waals surface area (Å²) >= 11 is 0. The highest BCUT2D eigenvalue weighted by atomic mass is 32.2. The highest BCUT2D eigenvalue weighted by Gasteiger charge is 2.23. The van der Waals surface area contributed by atoms with Gasteiger partial charge in [0.05, 0.1) is 11.4 Å². The second-order valence-corrected chi connectivity index (χ2v) is 6.38. The number of aromatic nitrogens is 4. The van der Waals surface area contributed by atoms with E-state index in [2.05, 4.69) is 25.3 Å². The number of H-pyrrole nitrogens is 1. The normalized spacial score (nSPS) is 11.9. The lowest BCUT2D eigenvalue weighted by molar-refractivity contribution is 0.551. The van der Waals surface area contributed by atoms with Crippen molar-refractivity contribution in [1.29, 1.82) is 0 Å². The highest BCUT2D eigenvalue weighted by molar-refractivity contribution is 7.89. The molecule has 0 bridgehead atoms. The second kappa shape index (κ2) is 6.83. The Morgan fingerprint density at radius 2 is 2.24 bits per heavy atom. The topological polar surface area (TPSA) is 105 Å². The van der Waals surface area contributed by atoms with Gasteiger partial charge in [0.2, 0.25) is 10.0 Å². The van der Waals surface area contributed by atoms with Gasteiger partial charge in [0.1, 0.15) is 4.90 Å². The van der Waals surface area contributed by atoms with E-state index in [4.69, 9.17) is 0 Å². The molecule has 3 N–H and O–H groups in total. The van der Waals surface area contributed by atoms with Crippen LogP contribution in [0.4, 0.5) is 0 Å². The Bertz CT molecular complexity index is 662. The Hall–Kier alpha value is -1.71. The molecule has 21 heavy (non-hydrogen) atoms. The first-order chi connectivity index (χ1) is 10.0. The number of nitrogens with one attached hydrogen (secondary N) is 3. The largest absolute Gasteiger partial charge is 0.314 e. The number of rotatable bonds is 8. The Morgan fingerprint density at radius 1 is 1.43 bits per heavy atom. The number of nitrogens with zero attached hydrogens (tertiary/aromatic N) is 3. The maximum absolute atomic E-state index is 12.3. The summed E-state index contributed by atoms with van der Waals surface area (Å²) in [5.74, 6) is 0. The van der Waals surface area contributed by atoms with Gasteiger partial charge in [0, 0.05) is 32.0 Å². The van der Waals surface area contributed by atoms with E-state index in [-0.39, 0.29) is 4.90 Å². The number of aromatic amines is 1. The van der Waals surface area contributed by atoms with Crippen molar-refractivity contribution in [3.8, 4) is 0 Å². The third kappa shape index (κ3) is 3.90. The van der Waals surface area contributed by atoms with Crippen LogP contribution in [0.1, 0.15) is 17.8 Å². The highest BCUT2D eigenvalue weighted by Crippen LogP contribution is 2.17. The number of hydrogen-bond acceptors (Lipinski definition) is 5. The van der Waals surface area contributed by atoms with Crippen LogP contribution in [0, 0.1) is 6.92 Å². The maximum atomic E-state index is 12.3. The summed E-state index contributed by atoms with van der Waals surface area (Å²) < 4.78 is 29.1. The van der Waals surface area contributed by atoms with Crippen LogP contribution in [0.25, 0.3) is 0 Å². The third-order valence-electron chi connectivity index (χ3n) is 2.99. The van der Waals surface area contributed by atoms with E-state index >= 15 is 0 Å². The first-order valence-corrected chi connectivity index (χ1v) is 8.18. The van der Waals surface area contributed by atoms with E-state index in [0.717, 1.165) is 0 Å². The molecule has 0 spiro atoms. The summed E-state index contributed by atoms with van der Waals surface area (Å²) in [6, 6.07) is 1.84. The van der Waals surface area contributed by atoms with Gasteiger partial charge in [-0.25, -0.2) is 13.1 Å². The van der Waals surface area contributed by atoms with Gasteiger partial charge >= 0.3 is 0 Å². The lowest BCUT2D eigenvalue weighted by Gasteiger charge is -2.08. The molecule has 0 saturated carbocycles. The molecule has 0 amide bonds. The Balaban J connectivity index is 1.96. The molecule has 0 aliphatic carbocycles. The minimum atomic E-state index is -3.55. The zero-order valence-electron chi connectivity index (χ0n) is 12.1. The summed E-state index contributed by atoms with van der Waals surface area (Å²) in [5, 5.41) is 13.7. The molecule has 2 heterocycles. The molecule has 0 unspecified atom stereocenters. The molecule has 8 nitrogen and oxygen atoms in total. The van der Waals surface area contributed by atoms with Crippen molar-refractivity contribution in [1.82, 2.24) is 30.0 Å². The van der Waals surface area contributed by atoms with Gasteiger partial charge in [-0.15, -0.1) is 0 Å². The molecule has 2 aromatic heterocycles. The number of hydrogen-bond donors (Lipinski definition) is 3. The average Bonchev–Trinajstić information content (AvgIpc) is 3.05. The predicted octanol–water partition coefficient (Wildman–Crippen LogP) is 0.00262. The molecule has 0 radical (unpaired) electrons. The van der Waals surface area contributed by atoms with Crippen molar-refractivity contribution in [2.45, 2.75) is 31.3 Å². The standard InChI is InChI=1S/C12H20N6O2S/c1-10-12(11(9-13-2)17-16-10)21(19,20)15-6-4-8-18-7-3-5-14-18/h3,5,7,13,15H,4,6,8-9H2,1-2H3,(H,16,17). The summed E-state index contributed by atoms with van der Waals surface area (Å²) in [6.45, 7) is 3.12. The summed E-state index contributed by atoms with van der Waals surface area (Å²) in [7, 11) is -1.81. The van der Waals surface area contributed by atoms with E-state index < -0.39 is 10.0 Å². The maximum Gasteiger partial charge on any atom is 0.244 e.